The number of aliphatic hydroxyl groups is 6. The van der Waals surface area contributed by atoms with Gasteiger partial charge in [-0.1, -0.05) is 41.5 Å². The van der Waals surface area contributed by atoms with Gasteiger partial charge in [-0.05, 0) is 195 Å². The summed E-state index contributed by atoms with van der Waals surface area (Å²) in [7, 11) is 0. The van der Waals surface area contributed by atoms with E-state index in [0.29, 0.717) is 72.3 Å². The second-order valence-electron chi connectivity index (χ2n) is 22.8. The molecule has 0 heterocycles. The topological polar surface area (TPSA) is 163 Å². The Labute approximate surface area is 338 Å². The summed E-state index contributed by atoms with van der Waals surface area (Å²) >= 11 is 0. The number of carbonyl (C=O) groups is 1. The first-order valence-corrected chi connectivity index (χ1v) is 23.5. The van der Waals surface area contributed by atoms with Crippen molar-refractivity contribution >= 4 is 6.03 Å². The second-order valence-corrected chi connectivity index (χ2v) is 22.8. The highest BCUT2D eigenvalue weighted by Gasteiger charge is 2.67. The lowest BCUT2D eigenvalue weighted by Crippen LogP contribution is -2.62. The van der Waals surface area contributed by atoms with Gasteiger partial charge in [-0.2, -0.15) is 0 Å². The van der Waals surface area contributed by atoms with E-state index < -0.39 is 12.2 Å². The number of hydrogen-bond donors (Lipinski definition) is 8. The van der Waals surface area contributed by atoms with Crippen molar-refractivity contribution in [3.8, 4) is 0 Å². The van der Waals surface area contributed by atoms with E-state index in [1.165, 1.54) is 0 Å². The summed E-state index contributed by atoms with van der Waals surface area (Å²) in [5, 5.41) is 74.3. The molecule has 8 rings (SSSR count). The second kappa shape index (κ2) is 15.2. The molecule has 0 aliphatic heterocycles. The van der Waals surface area contributed by atoms with Crippen LogP contribution in [-0.4, -0.2) is 86.4 Å². The third kappa shape index (κ3) is 6.46. The van der Waals surface area contributed by atoms with Crippen LogP contribution in [0.4, 0.5) is 4.79 Å². The lowest BCUT2D eigenvalue weighted by molar-refractivity contribution is -0.207. The van der Waals surface area contributed by atoms with E-state index in [4.69, 9.17) is 0 Å². The van der Waals surface area contributed by atoms with Gasteiger partial charge in [0.25, 0.3) is 0 Å². The number of amides is 2. The molecule has 56 heavy (non-hydrogen) atoms. The molecule has 2 amide bonds. The Kier molecular flexibility index (Phi) is 11.3. The highest BCUT2D eigenvalue weighted by molar-refractivity contribution is 5.73. The molecule has 0 aromatic rings. The maximum absolute atomic E-state index is 13.1. The number of rotatable bonds is 8. The van der Waals surface area contributed by atoms with Crippen LogP contribution in [0, 0.1) is 92.7 Å². The quantitative estimate of drug-likeness (QED) is 0.144. The minimum Gasteiger partial charge on any atom is -0.393 e. The third-order valence-electron chi connectivity index (χ3n) is 20.8. The Bertz CT molecular complexity index is 1330. The summed E-state index contributed by atoms with van der Waals surface area (Å²) in [5.74, 6) is 3.62. The van der Waals surface area contributed by atoms with Gasteiger partial charge in [0.1, 0.15) is 0 Å². The largest absolute Gasteiger partial charge is 0.393 e. The predicted molar refractivity (Wildman–Crippen MR) is 217 cm³/mol. The first-order chi connectivity index (χ1) is 26.4. The summed E-state index contributed by atoms with van der Waals surface area (Å²) in [6.07, 6.45) is 12.0. The van der Waals surface area contributed by atoms with Gasteiger partial charge in [0.15, 0.2) is 0 Å². The van der Waals surface area contributed by atoms with E-state index in [-0.39, 0.29) is 63.9 Å². The van der Waals surface area contributed by atoms with Gasteiger partial charge >= 0.3 is 6.03 Å². The van der Waals surface area contributed by atoms with Crippen molar-refractivity contribution in [3.05, 3.63) is 0 Å². The van der Waals surface area contributed by atoms with Crippen molar-refractivity contribution in [2.75, 3.05) is 13.1 Å². The molecule has 8 saturated carbocycles. The van der Waals surface area contributed by atoms with Crippen LogP contribution >= 0.6 is 0 Å². The van der Waals surface area contributed by atoms with Crippen molar-refractivity contribution < 1.29 is 35.4 Å². The molecular formula is C47H80N2O7. The van der Waals surface area contributed by atoms with Gasteiger partial charge in [-0.25, -0.2) is 4.79 Å². The molecule has 0 saturated heterocycles. The normalized spacial score (nSPS) is 54.6. The number of carbonyl (C=O) groups excluding carboxylic acids is 1. The summed E-state index contributed by atoms with van der Waals surface area (Å²) in [5.41, 5.74) is -0.333. The van der Waals surface area contributed by atoms with Gasteiger partial charge in [-0.15, -0.1) is 0 Å². The number of urea groups is 1. The highest BCUT2D eigenvalue weighted by Crippen LogP contribution is 2.70. The molecule has 0 aromatic heterocycles. The molecule has 0 spiro atoms. The summed E-state index contributed by atoms with van der Waals surface area (Å²) < 4.78 is 0. The minimum atomic E-state index is -0.402. The zero-order chi connectivity index (χ0) is 40.1. The first kappa shape index (κ1) is 41.8. The summed E-state index contributed by atoms with van der Waals surface area (Å²) in [4.78, 5) is 13.1. The highest BCUT2D eigenvalue weighted by atomic mass is 16.3. The van der Waals surface area contributed by atoms with E-state index in [0.717, 1.165) is 103 Å². The Morgan fingerprint density at radius 3 is 1.34 bits per heavy atom. The van der Waals surface area contributed by atoms with Crippen LogP contribution in [0.15, 0.2) is 0 Å². The standard InChI is InChI=1S/C47H80N2O7/c1-25(31-7-9-33-41-35(23-39(54)46(31,33)5)44(3)15-11-29(50)19-27(44)21-37(41)52)13-17-48-43(56)49-18-14-26(2)32-8-10-34-42-36(24-40(55)47(32,34)6)45(4)16-12-30(51)20-28(45)22-38(42)53/h25-42,50-55H,7-24H2,1-6H3,(H2,48,49,56)/t25-,26-,27-,28-,29+,30+,31?,32?,33-,34-,35-,36-,37+,38+,39-,40-,41-,42-,44-,45-,46+,47+/m0/s1. The van der Waals surface area contributed by atoms with Gasteiger partial charge in [0.2, 0.25) is 0 Å². The molecule has 0 aromatic carbocycles. The van der Waals surface area contributed by atoms with Gasteiger partial charge in [-0.3, -0.25) is 0 Å². The Hall–Kier alpha value is -0.970. The minimum absolute atomic E-state index is 0.0745. The summed E-state index contributed by atoms with van der Waals surface area (Å²) in [6, 6.07) is -0.132. The fraction of sp³-hybridized carbons (Fsp3) is 0.979. The number of fused-ring (bicyclic) bond motifs is 10. The van der Waals surface area contributed by atoms with Crippen molar-refractivity contribution in [1.82, 2.24) is 10.6 Å². The zero-order valence-electron chi connectivity index (χ0n) is 35.7. The van der Waals surface area contributed by atoms with Crippen LogP contribution in [0.1, 0.15) is 144 Å². The maximum atomic E-state index is 13.1. The van der Waals surface area contributed by atoms with Crippen LogP contribution in [0.2, 0.25) is 0 Å². The molecule has 9 heteroatoms. The van der Waals surface area contributed by atoms with Crippen LogP contribution in [0.5, 0.6) is 0 Å². The first-order valence-electron chi connectivity index (χ1n) is 23.5. The van der Waals surface area contributed by atoms with Gasteiger partial charge in [0.05, 0.1) is 36.6 Å². The number of nitrogens with one attached hydrogen (secondary N) is 2. The Morgan fingerprint density at radius 2 is 0.946 bits per heavy atom. The van der Waals surface area contributed by atoms with E-state index in [2.05, 4.69) is 52.2 Å². The number of aliphatic hydroxyl groups excluding tert-OH is 6. The van der Waals surface area contributed by atoms with Crippen molar-refractivity contribution in [3.63, 3.8) is 0 Å². The lowest BCUT2D eigenvalue weighted by Gasteiger charge is -2.63. The molecular weight excluding hydrogens is 705 g/mol. The van der Waals surface area contributed by atoms with Crippen LogP contribution < -0.4 is 10.6 Å². The molecule has 0 bridgehead atoms. The average Bonchev–Trinajstić information content (AvgIpc) is 3.69. The lowest BCUT2D eigenvalue weighted by atomic mass is 9.43. The zero-order valence-corrected chi connectivity index (χ0v) is 35.7. The van der Waals surface area contributed by atoms with Gasteiger partial charge in [0, 0.05) is 13.1 Å². The smallest absolute Gasteiger partial charge is 0.314 e. The van der Waals surface area contributed by atoms with Crippen molar-refractivity contribution in [2.24, 2.45) is 92.7 Å². The van der Waals surface area contributed by atoms with Gasteiger partial charge < -0.3 is 41.3 Å². The molecule has 22 atom stereocenters. The van der Waals surface area contributed by atoms with Crippen molar-refractivity contribution in [1.29, 1.82) is 0 Å². The fourth-order valence-corrected chi connectivity index (χ4v) is 17.6. The third-order valence-corrected chi connectivity index (χ3v) is 20.8. The molecule has 0 radical (unpaired) electrons. The van der Waals surface area contributed by atoms with E-state index >= 15 is 0 Å². The SMILES string of the molecule is C[C@@H](CCNC(=O)NCC[C@H](C)C1CC[C@H]2[C@@H]3[C@H](O)C[C@@H]4C[C@H](O)CC[C@]4(C)[C@H]3C[C@H](O)[C@]12C)C1CC[C@H]2[C@@H]3[C@H](O)C[C@@H]4C[C@H](O)CC[C@]4(C)[C@H]3C[C@H](O)[C@]12C. The Morgan fingerprint density at radius 1 is 0.554 bits per heavy atom. The monoisotopic (exact) mass is 785 g/mol. The molecule has 8 N–H and O–H groups in total. The van der Waals surface area contributed by atoms with E-state index in [1.54, 1.807) is 0 Å². The molecule has 8 fully saturated rings. The van der Waals surface area contributed by atoms with Crippen molar-refractivity contribution in [2.45, 2.75) is 181 Å². The average molecular weight is 785 g/mol. The van der Waals surface area contributed by atoms with E-state index in [1.807, 2.05) is 0 Å². The Balaban J connectivity index is 0.814. The van der Waals surface area contributed by atoms with Crippen LogP contribution in [-0.2, 0) is 0 Å². The van der Waals surface area contributed by atoms with Crippen LogP contribution in [0.25, 0.3) is 0 Å². The molecule has 9 nitrogen and oxygen atoms in total. The van der Waals surface area contributed by atoms with Crippen LogP contribution in [0.3, 0.4) is 0 Å². The molecule has 8 aliphatic carbocycles. The molecule has 320 valence electrons. The fourth-order valence-electron chi connectivity index (χ4n) is 17.6. The summed E-state index contributed by atoms with van der Waals surface area (Å²) in [6.45, 7) is 15.1. The maximum Gasteiger partial charge on any atom is 0.314 e. The van der Waals surface area contributed by atoms with E-state index in [9.17, 15) is 35.4 Å². The molecule has 2 unspecified atom stereocenters. The predicted octanol–water partition coefficient (Wildman–Crippen LogP) is 6.26. The number of hydrogen-bond acceptors (Lipinski definition) is 7. The molecule has 8 aliphatic rings.